The van der Waals surface area contributed by atoms with Gasteiger partial charge in [-0.3, -0.25) is 4.79 Å². The zero-order chi connectivity index (χ0) is 21.8. The van der Waals surface area contributed by atoms with E-state index in [-0.39, 0.29) is 5.91 Å². The van der Waals surface area contributed by atoms with Gasteiger partial charge >= 0.3 is 0 Å². The van der Waals surface area contributed by atoms with Gasteiger partial charge in [0, 0.05) is 11.8 Å². The van der Waals surface area contributed by atoms with Gasteiger partial charge in [0.05, 0.1) is 18.4 Å². The standard InChI is InChI=1S/C25H26N2O4/c1-16-22(17(2)31-27-16)15-30-23-11-7-18(13-24(23)29-3)8-12-25(28)26-21-10-9-19-5-4-6-20(19)14-21/h7-14H,4-6,15H2,1-3H3,(H,26,28)/b12-8+. The third kappa shape index (κ3) is 4.79. The quantitative estimate of drug-likeness (QED) is 0.546. The van der Waals surface area contributed by atoms with Crippen molar-refractivity contribution in [3.8, 4) is 11.5 Å². The SMILES string of the molecule is COc1cc(/C=C/C(=O)Nc2ccc3c(c2)CCC3)ccc1OCc1c(C)noc1C. The molecule has 0 fully saturated rings. The number of carbonyl (C=O) groups is 1. The average Bonchev–Trinajstić information content (AvgIpc) is 3.36. The summed E-state index contributed by atoms with van der Waals surface area (Å²) in [5.74, 6) is 1.77. The van der Waals surface area contributed by atoms with Gasteiger partial charge in [-0.2, -0.15) is 0 Å². The van der Waals surface area contributed by atoms with Crippen molar-refractivity contribution < 1.29 is 18.8 Å². The first-order valence-corrected chi connectivity index (χ1v) is 10.4. The Kier molecular flexibility index (Phi) is 6.07. The fourth-order valence-corrected chi connectivity index (χ4v) is 3.77. The van der Waals surface area contributed by atoms with Crippen molar-refractivity contribution in [2.75, 3.05) is 12.4 Å². The number of nitrogens with zero attached hydrogens (tertiary/aromatic N) is 1. The second-order valence-electron chi connectivity index (χ2n) is 7.66. The fraction of sp³-hybridized carbons (Fsp3) is 0.280. The number of rotatable bonds is 7. The predicted octanol–water partition coefficient (Wildman–Crippen LogP) is 5.02. The van der Waals surface area contributed by atoms with Gasteiger partial charge in [-0.25, -0.2) is 0 Å². The molecule has 6 heteroatoms. The van der Waals surface area contributed by atoms with Crippen LogP contribution in [0.3, 0.4) is 0 Å². The van der Waals surface area contributed by atoms with Crippen LogP contribution in [0, 0.1) is 13.8 Å². The number of anilines is 1. The minimum atomic E-state index is -0.171. The Balaban J connectivity index is 1.40. The Bertz CT molecular complexity index is 1110. The monoisotopic (exact) mass is 418 g/mol. The molecule has 0 atom stereocenters. The molecule has 1 amide bonds. The molecular formula is C25H26N2O4. The number of amides is 1. The van der Waals surface area contributed by atoms with Gasteiger partial charge in [0.25, 0.3) is 0 Å². The molecular weight excluding hydrogens is 392 g/mol. The minimum Gasteiger partial charge on any atom is -0.493 e. The molecule has 160 valence electrons. The summed E-state index contributed by atoms with van der Waals surface area (Å²) in [6.07, 6.45) is 6.67. The molecule has 1 heterocycles. The summed E-state index contributed by atoms with van der Waals surface area (Å²) in [4.78, 5) is 12.3. The van der Waals surface area contributed by atoms with Crippen molar-refractivity contribution in [1.29, 1.82) is 0 Å². The van der Waals surface area contributed by atoms with E-state index in [4.69, 9.17) is 14.0 Å². The van der Waals surface area contributed by atoms with Crippen LogP contribution in [0.1, 0.15) is 40.1 Å². The molecule has 1 aliphatic carbocycles. The highest BCUT2D eigenvalue weighted by Crippen LogP contribution is 2.30. The summed E-state index contributed by atoms with van der Waals surface area (Å²) < 4.78 is 16.5. The van der Waals surface area contributed by atoms with Crippen molar-refractivity contribution in [2.45, 2.75) is 39.7 Å². The number of hydrogen-bond donors (Lipinski definition) is 1. The Morgan fingerprint density at radius 3 is 2.74 bits per heavy atom. The Morgan fingerprint density at radius 1 is 1.13 bits per heavy atom. The maximum atomic E-state index is 12.3. The van der Waals surface area contributed by atoms with Gasteiger partial charge in [0.1, 0.15) is 12.4 Å². The van der Waals surface area contributed by atoms with Gasteiger partial charge in [0.2, 0.25) is 5.91 Å². The van der Waals surface area contributed by atoms with E-state index in [1.807, 2.05) is 38.1 Å². The van der Waals surface area contributed by atoms with E-state index < -0.39 is 0 Å². The van der Waals surface area contributed by atoms with E-state index in [0.29, 0.717) is 18.1 Å². The van der Waals surface area contributed by atoms with Crippen LogP contribution in [0.15, 0.2) is 47.0 Å². The molecule has 2 aromatic carbocycles. The Morgan fingerprint density at radius 2 is 1.97 bits per heavy atom. The van der Waals surface area contributed by atoms with Crippen LogP contribution in [0.25, 0.3) is 6.08 Å². The Hall–Kier alpha value is -3.54. The molecule has 0 saturated carbocycles. The molecule has 1 aliphatic rings. The summed E-state index contributed by atoms with van der Waals surface area (Å²) >= 11 is 0. The number of fused-ring (bicyclic) bond motifs is 1. The van der Waals surface area contributed by atoms with E-state index in [9.17, 15) is 4.79 Å². The number of aryl methyl sites for hydroxylation is 4. The lowest BCUT2D eigenvalue weighted by Crippen LogP contribution is -2.08. The second-order valence-corrected chi connectivity index (χ2v) is 7.66. The topological polar surface area (TPSA) is 73.6 Å². The van der Waals surface area contributed by atoms with Crippen LogP contribution in [-0.4, -0.2) is 18.2 Å². The minimum absolute atomic E-state index is 0.171. The number of aromatic nitrogens is 1. The van der Waals surface area contributed by atoms with Crippen molar-refractivity contribution in [3.05, 3.63) is 76.2 Å². The summed E-state index contributed by atoms with van der Waals surface area (Å²) in [7, 11) is 1.59. The lowest BCUT2D eigenvalue weighted by Gasteiger charge is -2.11. The summed E-state index contributed by atoms with van der Waals surface area (Å²) in [6.45, 7) is 4.08. The highest BCUT2D eigenvalue weighted by molar-refractivity contribution is 6.02. The maximum absolute atomic E-state index is 12.3. The molecule has 0 saturated heterocycles. The molecule has 0 unspecified atom stereocenters. The van der Waals surface area contributed by atoms with Crippen LogP contribution in [0.2, 0.25) is 0 Å². The number of nitrogens with one attached hydrogen (secondary N) is 1. The number of benzene rings is 2. The first kappa shape index (κ1) is 20.7. The molecule has 1 N–H and O–H groups in total. The van der Waals surface area contributed by atoms with E-state index in [1.54, 1.807) is 13.2 Å². The lowest BCUT2D eigenvalue weighted by molar-refractivity contribution is -0.111. The zero-order valence-electron chi connectivity index (χ0n) is 18.0. The molecule has 3 aromatic rings. The number of methoxy groups -OCH3 is 1. The van der Waals surface area contributed by atoms with Crippen molar-refractivity contribution in [1.82, 2.24) is 5.16 Å². The first-order valence-electron chi connectivity index (χ1n) is 10.4. The van der Waals surface area contributed by atoms with Gasteiger partial charge in [-0.15, -0.1) is 0 Å². The third-order valence-corrected chi connectivity index (χ3v) is 5.53. The molecule has 31 heavy (non-hydrogen) atoms. The smallest absolute Gasteiger partial charge is 0.248 e. The van der Waals surface area contributed by atoms with Crippen LogP contribution < -0.4 is 14.8 Å². The molecule has 0 bridgehead atoms. The van der Waals surface area contributed by atoms with Crippen molar-refractivity contribution in [2.24, 2.45) is 0 Å². The largest absolute Gasteiger partial charge is 0.493 e. The van der Waals surface area contributed by atoms with Crippen LogP contribution in [-0.2, 0) is 24.2 Å². The molecule has 0 aliphatic heterocycles. The maximum Gasteiger partial charge on any atom is 0.248 e. The van der Waals surface area contributed by atoms with Crippen LogP contribution in [0.5, 0.6) is 11.5 Å². The van der Waals surface area contributed by atoms with Gasteiger partial charge in [-0.1, -0.05) is 17.3 Å². The second kappa shape index (κ2) is 9.08. The fourth-order valence-electron chi connectivity index (χ4n) is 3.77. The van der Waals surface area contributed by atoms with E-state index in [2.05, 4.69) is 22.6 Å². The van der Waals surface area contributed by atoms with Gasteiger partial charge < -0.3 is 19.3 Å². The zero-order valence-corrected chi connectivity index (χ0v) is 18.0. The summed E-state index contributed by atoms with van der Waals surface area (Å²) in [5.41, 5.74) is 6.12. The molecule has 0 spiro atoms. The molecule has 1 aromatic heterocycles. The van der Waals surface area contributed by atoms with Crippen molar-refractivity contribution >= 4 is 17.7 Å². The molecule has 0 radical (unpaired) electrons. The molecule has 6 nitrogen and oxygen atoms in total. The lowest BCUT2D eigenvalue weighted by atomic mass is 10.1. The van der Waals surface area contributed by atoms with Gasteiger partial charge in [-0.05, 0) is 80.1 Å². The third-order valence-electron chi connectivity index (χ3n) is 5.53. The number of carbonyl (C=O) groups excluding carboxylic acids is 1. The van der Waals surface area contributed by atoms with E-state index >= 15 is 0 Å². The van der Waals surface area contributed by atoms with Crippen LogP contribution >= 0.6 is 0 Å². The summed E-state index contributed by atoms with van der Waals surface area (Å²) in [6, 6.07) is 11.7. The number of ether oxygens (including phenoxy) is 2. The van der Waals surface area contributed by atoms with E-state index in [0.717, 1.165) is 41.1 Å². The number of hydrogen-bond acceptors (Lipinski definition) is 5. The molecule has 4 rings (SSSR count). The van der Waals surface area contributed by atoms with Crippen molar-refractivity contribution in [3.63, 3.8) is 0 Å². The van der Waals surface area contributed by atoms with Crippen LogP contribution in [0.4, 0.5) is 5.69 Å². The first-order chi connectivity index (χ1) is 15.0. The normalized spacial score (nSPS) is 12.7. The average molecular weight is 418 g/mol. The predicted molar refractivity (Wildman–Crippen MR) is 119 cm³/mol. The van der Waals surface area contributed by atoms with Gasteiger partial charge in [0.15, 0.2) is 11.5 Å². The van der Waals surface area contributed by atoms with E-state index in [1.165, 1.54) is 23.6 Å². The Labute approximate surface area is 181 Å². The summed E-state index contributed by atoms with van der Waals surface area (Å²) in [5, 5.41) is 6.87. The highest BCUT2D eigenvalue weighted by atomic mass is 16.5. The highest BCUT2D eigenvalue weighted by Gasteiger charge is 2.13.